The molecule has 0 unspecified atom stereocenters. The van der Waals surface area contributed by atoms with Crippen LogP contribution in [0.2, 0.25) is 0 Å². The number of fused-ring (bicyclic) bond motifs is 1. The summed E-state index contributed by atoms with van der Waals surface area (Å²) in [6, 6.07) is 13.5. The fourth-order valence-electron chi connectivity index (χ4n) is 1.79. The Morgan fingerprint density at radius 3 is 2.83 bits per heavy atom. The van der Waals surface area contributed by atoms with Crippen molar-refractivity contribution in [1.82, 2.24) is 9.55 Å². The van der Waals surface area contributed by atoms with Crippen molar-refractivity contribution in [2.45, 2.75) is 6.67 Å². The number of benzene rings is 1. The van der Waals surface area contributed by atoms with Crippen LogP contribution in [0, 0.1) is 4.84 Å². The van der Waals surface area contributed by atoms with E-state index in [0.717, 1.165) is 16.9 Å². The molecule has 4 nitrogen and oxygen atoms in total. The van der Waals surface area contributed by atoms with Gasteiger partial charge in [0.25, 0.3) is 4.84 Å². The van der Waals surface area contributed by atoms with Crippen molar-refractivity contribution in [2.24, 2.45) is 0 Å². The summed E-state index contributed by atoms with van der Waals surface area (Å²) >= 11 is 5.20. The second-order valence-corrected chi connectivity index (χ2v) is 4.16. The zero-order chi connectivity index (χ0) is 12.4. The fraction of sp³-hybridized carbons (Fsp3) is 0.0769. The SMILES string of the molecule is S=c1oc2ccccc2n1CNc1ccccn1. The highest BCUT2D eigenvalue weighted by Gasteiger charge is 2.05. The van der Waals surface area contributed by atoms with E-state index in [4.69, 9.17) is 16.6 Å². The molecule has 90 valence electrons. The molecule has 0 aliphatic carbocycles. The lowest BCUT2D eigenvalue weighted by molar-refractivity contribution is 0.545. The first-order chi connectivity index (χ1) is 8.84. The summed E-state index contributed by atoms with van der Waals surface area (Å²) < 4.78 is 7.41. The van der Waals surface area contributed by atoms with Gasteiger partial charge in [0.2, 0.25) is 0 Å². The van der Waals surface area contributed by atoms with Crippen molar-refractivity contribution in [1.29, 1.82) is 0 Å². The molecule has 2 aromatic heterocycles. The Labute approximate surface area is 109 Å². The lowest BCUT2D eigenvalue weighted by Gasteiger charge is -2.06. The molecule has 18 heavy (non-hydrogen) atoms. The molecule has 0 radical (unpaired) electrons. The number of oxazole rings is 1. The molecule has 0 saturated heterocycles. The van der Waals surface area contributed by atoms with E-state index < -0.39 is 0 Å². The molecule has 1 N–H and O–H groups in total. The van der Waals surface area contributed by atoms with Gasteiger partial charge in [0.1, 0.15) is 5.82 Å². The Hall–Kier alpha value is -2.14. The van der Waals surface area contributed by atoms with Gasteiger partial charge in [0, 0.05) is 6.20 Å². The third-order valence-electron chi connectivity index (χ3n) is 2.66. The first-order valence-electron chi connectivity index (χ1n) is 5.58. The van der Waals surface area contributed by atoms with E-state index in [9.17, 15) is 0 Å². The van der Waals surface area contributed by atoms with Crippen LogP contribution < -0.4 is 5.32 Å². The van der Waals surface area contributed by atoms with E-state index in [1.807, 2.05) is 47.0 Å². The predicted octanol–water partition coefficient (Wildman–Crippen LogP) is 3.43. The van der Waals surface area contributed by atoms with Gasteiger partial charge in [-0.15, -0.1) is 0 Å². The minimum atomic E-state index is 0.458. The molecule has 3 aromatic rings. The van der Waals surface area contributed by atoms with Gasteiger partial charge in [-0.1, -0.05) is 18.2 Å². The number of nitrogens with one attached hydrogen (secondary N) is 1. The van der Waals surface area contributed by atoms with Crippen LogP contribution in [-0.2, 0) is 6.67 Å². The highest BCUT2D eigenvalue weighted by Crippen LogP contribution is 2.17. The van der Waals surface area contributed by atoms with Crippen molar-refractivity contribution in [3.63, 3.8) is 0 Å². The van der Waals surface area contributed by atoms with Crippen LogP contribution in [0.25, 0.3) is 11.1 Å². The second-order valence-electron chi connectivity index (χ2n) is 3.81. The van der Waals surface area contributed by atoms with Crippen LogP contribution in [0.1, 0.15) is 0 Å². The molecule has 0 aliphatic rings. The zero-order valence-electron chi connectivity index (χ0n) is 9.54. The molecule has 0 saturated carbocycles. The van der Waals surface area contributed by atoms with Gasteiger partial charge in [-0.3, -0.25) is 4.57 Å². The molecule has 0 bridgehead atoms. The summed E-state index contributed by atoms with van der Waals surface area (Å²) in [4.78, 5) is 4.66. The molecule has 0 spiro atoms. The average molecular weight is 257 g/mol. The van der Waals surface area contributed by atoms with Crippen LogP contribution in [0.5, 0.6) is 0 Å². The second kappa shape index (κ2) is 4.62. The number of aromatic nitrogens is 2. The Balaban J connectivity index is 1.91. The number of hydrogen-bond donors (Lipinski definition) is 1. The number of pyridine rings is 1. The van der Waals surface area contributed by atoms with Crippen LogP contribution in [-0.4, -0.2) is 9.55 Å². The molecule has 1 aromatic carbocycles. The summed E-state index contributed by atoms with van der Waals surface area (Å²) in [5.74, 6) is 0.810. The van der Waals surface area contributed by atoms with Crippen molar-refractivity contribution in [3.05, 3.63) is 53.5 Å². The first-order valence-corrected chi connectivity index (χ1v) is 5.99. The third-order valence-corrected chi connectivity index (χ3v) is 2.96. The molecule has 0 aliphatic heterocycles. The Bertz CT molecular complexity index is 718. The topological polar surface area (TPSA) is 43.0 Å². The molecule has 0 atom stereocenters. The molecule has 5 heteroatoms. The number of hydrogen-bond acceptors (Lipinski definition) is 4. The van der Waals surface area contributed by atoms with Crippen LogP contribution in [0.3, 0.4) is 0 Å². The molecular weight excluding hydrogens is 246 g/mol. The van der Waals surface area contributed by atoms with E-state index in [0.29, 0.717) is 11.5 Å². The minimum Gasteiger partial charge on any atom is -0.429 e. The fourth-order valence-corrected chi connectivity index (χ4v) is 2.04. The molecule has 3 rings (SSSR count). The van der Waals surface area contributed by atoms with Gasteiger partial charge in [-0.25, -0.2) is 4.98 Å². The summed E-state index contributed by atoms with van der Waals surface area (Å²) in [5.41, 5.74) is 1.77. The molecule has 0 amide bonds. The van der Waals surface area contributed by atoms with E-state index in [1.54, 1.807) is 6.20 Å². The molecule has 2 heterocycles. The highest BCUT2D eigenvalue weighted by molar-refractivity contribution is 7.71. The third kappa shape index (κ3) is 2.00. The zero-order valence-corrected chi connectivity index (χ0v) is 10.4. The minimum absolute atomic E-state index is 0.458. The maximum absolute atomic E-state index is 5.50. The van der Waals surface area contributed by atoms with Gasteiger partial charge >= 0.3 is 0 Å². The lowest BCUT2D eigenvalue weighted by Crippen LogP contribution is -2.08. The summed E-state index contributed by atoms with van der Waals surface area (Å²) in [6.45, 7) is 0.535. The van der Waals surface area contributed by atoms with E-state index in [2.05, 4.69) is 10.3 Å². The Kier molecular flexibility index (Phi) is 2.82. The lowest BCUT2D eigenvalue weighted by atomic mass is 10.3. The van der Waals surface area contributed by atoms with Crippen LogP contribution >= 0.6 is 12.2 Å². The van der Waals surface area contributed by atoms with Gasteiger partial charge in [0.05, 0.1) is 12.2 Å². The van der Waals surface area contributed by atoms with Crippen LogP contribution in [0.15, 0.2) is 53.1 Å². The standard InChI is InChI=1S/C13H11N3OS/c18-13-16(9-15-12-7-3-4-8-14-12)10-5-1-2-6-11(10)17-13/h1-8H,9H2,(H,14,15). The van der Waals surface area contributed by atoms with Crippen molar-refractivity contribution in [3.8, 4) is 0 Å². The van der Waals surface area contributed by atoms with Gasteiger partial charge < -0.3 is 9.73 Å². The smallest absolute Gasteiger partial charge is 0.271 e. The highest BCUT2D eigenvalue weighted by atomic mass is 32.1. The van der Waals surface area contributed by atoms with E-state index in [1.165, 1.54) is 0 Å². The van der Waals surface area contributed by atoms with Crippen molar-refractivity contribution < 1.29 is 4.42 Å². The van der Waals surface area contributed by atoms with Crippen molar-refractivity contribution >= 4 is 29.1 Å². The van der Waals surface area contributed by atoms with Crippen molar-refractivity contribution in [2.75, 3.05) is 5.32 Å². The average Bonchev–Trinajstić information content (AvgIpc) is 2.73. The molecular formula is C13H11N3OS. The Morgan fingerprint density at radius 1 is 1.17 bits per heavy atom. The Morgan fingerprint density at radius 2 is 2.00 bits per heavy atom. The normalized spacial score (nSPS) is 10.7. The summed E-state index contributed by atoms with van der Waals surface area (Å²) in [7, 11) is 0. The quantitative estimate of drug-likeness (QED) is 0.730. The van der Waals surface area contributed by atoms with Gasteiger partial charge in [-0.2, -0.15) is 0 Å². The van der Waals surface area contributed by atoms with Crippen LogP contribution in [0.4, 0.5) is 5.82 Å². The van der Waals surface area contributed by atoms with Gasteiger partial charge in [0.15, 0.2) is 5.58 Å². The first kappa shape index (κ1) is 11.0. The van der Waals surface area contributed by atoms with Gasteiger partial charge in [-0.05, 0) is 36.5 Å². The molecule has 0 fully saturated rings. The predicted molar refractivity (Wildman–Crippen MR) is 72.9 cm³/mol. The number of anilines is 1. The summed E-state index contributed by atoms with van der Waals surface area (Å²) in [5, 5.41) is 3.21. The maximum atomic E-state index is 5.50. The monoisotopic (exact) mass is 257 g/mol. The van der Waals surface area contributed by atoms with E-state index >= 15 is 0 Å². The number of nitrogens with zero attached hydrogens (tertiary/aromatic N) is 2. The summed E-state index contributed by atoms with van der Waals surface area (Å²) in [6.07, 6.45) is 1.75. The number of rotatable bonds is 3. The largest absolute Gasteiger partial charge is 0.429 e. The maximum Gasteiger partial charge on any atom is 0.271 e. The van der Waals surface area contributed by atoms with E-state index in [-0.39, 0.29) is 0 Å². The number of para-hydroxylation sites is 2.